The third-order valence-electron chi connectivity index (χ3n) is 2.15. The summed E-state index contributed by atoms with van der Waals surface area (Å²) in [4.78, 5) is 12.9. The van der Waals surface area contributed by atoms with Crippen LogP contribution in [0, 0.1) is 0 Å². The third-order valence-corrected chi connectivity index (χ3v) is 3.21. The number of unbranched alkanes of at least 4 members (excludes halogenated alkanes) is 1. The summed E-state index contributed by atoms with van der Waals surface area (Å²) >= 11 is 7.15. The molecule has 0 atom stereocenters. The van der Waals surface area contributed by atoms with E-state index in [1.165, 1.54) is 0 Å². The second kappa shape index (κ2) is 7.53. The number of hydrogen-bond donors (Lipinski definition) is 0. The summed E-state index contributed by atoms with van der Waals surface area (Å²) in [5.74, 6) is 0.708. The van der Waals surface area contributed by atoms with Crippen molar-refractivity contribution in [3.63, 3.8) is 0 Å². The van der Waals surface area contributed by atoms with E-state index in [-0.39, 0.29) is 5.78 Å². The molecular formula is C13H15ClOS. The van der Waals surface area contributed by atoms with Gasteiger partial charge in [0.2, 0.25) is 0 Å². The first-order valence-corrected chi connectivity index (χ1v) is 6.95. The zero-order chi connectivity index (χ0) is 11.8. The van der Waals surface area contributed by atoms with E-state index in [1.54, 1.807) is 17.8 Å². The molecule has 0 fully saturated rings. The zero-order valence-electron chi connectivity index (χ0n) is 9.28. The Kier molecular flexibility index (Phi) is 6.27. The molecule has 0 aromatic heterocycles. The minimum atomic E-state index is 0.0690. The van der Waals surface area contributed by atoms with Gasteiger partial charge in [-0.05, 0) is 37.3 Å². The van der Waals surface area contributed by atoms with Crippen molar-refractivity contribution in [2.45, 2.75) is 17.7 Å². The Balaban J connectivity index is 2.69. The number of carbonyl (C=O) groups is 1. The minimum Gasteiger partial charge on any atom is -0.289 e. The Morgan fingerprint density at radius 3 is 2.88 bits per heavy atom. The average Bonchev–Trinajstić information content (AvgIpc) is 2.34. The number of halogens is 1. The molecule has 0 aliphatic heterocycles. The maximum atomic E-state index is 11.9. The monoisotopic (exact) mass is 254 g/mol. The van der Waals surface area contributed by atoms with Gasteiger partial charge in [-0.25, -0.2) is 0 Å². The van der Waals surface area contributed by atoms with E-state index >= 15 is 0 Å². The van der Waals surface area contributed by atoms with Crippen molar-refractivity contribution in [3.8, 4) is 0 Å². The van der Waals surface area contributed by atoms with Crippen LogP contribution in [0.15, 0.2) is 41.3 Å². The molecule has 0 heterocycles. The summed E-state index contributed by atoms with van der Waals surface area (Å²) in [7, 11) is 0. The van der Waals surface area contributed by atoms with Crippen LogP contribution in [-0.4, -0.2) is 17.9 Å². The van der Waals surface area contributed by atoms with Crippen molar-refractivity contribution >= 4 is 29.1 Å². The van der Waals surface area contributed by atoms with Gasteiger partial charge in [-0.3, -0.25) is 4.79 Å². The molecule has 0 saturated heterocycles. The second-order valence-corrected chi connectivity index (χ2v) is 4.52. The molecule has 0 N–H and O–H groups in total. The van der Waals surface area contributed by atoms with E-state index < -0.39 is 0 Å². The van der Waals surface area contributed by atoms with Crippen molar-refractivity contribution in [3.05, 3.63) is 42.0 Å². The molecule has 0 unspecified atom stereocenters. The largest absolute Gasteiger partial charge is 0.289 e. The smallest absolute Gasteiger partial charge is 0.186 e. The highest BCUT2D eigenvalue weighted by Gasteiger charge is 2.06. The molecule has 0 spiro atoms. The van der Waals surface area contributed by atoms with E-state index in [2.05, 4.69) is 0 Å². The van der Waals surface area contributed by atoms with Crippen LogP contribution in [0.2, 0.25) is 0 Å². The van der Waals surface area contributed by atoms with Gasteiger partial charge < -0.3 is 0 Å². The van der Waals surface area contributed by atoms with Gasteiger partial charge in [0.15, 0.2) is 5.78 Å². The molecule has 86 valence electrons. The summed E-state index contributed by atoms with van der Waals surface area (Å²) in [6.07, 6.45) is 7.28. The summed E-state index contributed by atoms with van der Waals surface area (Å²) in [6, 6.07) is 7.66. The van der Waals surface area contributed by atoms with Crippen LogP contribution >= 0.6 is 23.4 Å². The lowest BCUT2D eigenvalue weighted by molar-refractivity contribution is 0.104. The van der Waals surface area contributed by atoms with Gasteiger partial charge in [0.25, 0.3) is 0 Å². The fourth-order valence-electron chi connectivity index (χ4n) is 1.32. The predicted molar refractivity (Wildman–Crippen MR) is 71.6 cm³/mol. The maximum Gasteiger partial charge on any atom is 0.186 e. The minimum absolute atomic E-state index is 0.0690. The molecule has 0 amide bonds. The Hall–Kier alpha value is -0.730. The molecule has 0 radical (unpaired) electrons. The fraction of sp³-hybridized carbons (Fsp3) is 0.308. The van der Waals surface area contributed by atoms with Crippen molar-refractivity contribution in [1.82, 2.24) is 0 Å². The van der Waals surface area contributed by atoms with Crippen molar-refractivity contribution in [1.29, 1.82) is 0 Å². The zero-order valence-corrected chi connectivity index (χ0v) is 10.9. The standard InChI is InChI=1S/C13H15ClOS/c1-16-13-9-5-4-7-11(13)12(15)8-3-2-6-10-14/h3-5,7-9H,2,6,10H2,1H3/b8-3+. The normalized spacial score (nSPS) is 10.9. The van der Waals surface area contributed by atoms with Gasteiger partial charge in [0, 0.05) is 16.3 Å². The van der Waals surface area contributed by atoms with E-state index in [0.29, 0.717) is 5.88 Å². The summed E-state index contributed by atoms with van der Waals surface area (Å²) in [6.45, 7) is 0. The number of thioether (sulfide) groups is 1. The molecule has 16 heavy (non-hydrogen) atoms. The van der Waals surface area contributed by atoms with Gasteiger partial charge in [0.05, 0.1) is 0 Å². The highest BCUT2D eigenvalue weighted by Crippen LogP contribution is 2.20. The second-order valence-electron chi connectivity index (χ2n) is 3.30. The molecule has 1 aromatic carbocycles. The maximum absolute atomic E-state index is 11.9. The molecule has 3 heteroatoms. The van der Waals surface area contributed by atoms with Crippen LogP contribution in [0.3, 0.4) is 0 Å². The van der Waals surface area contributed by atoms with E-state index in [4.69, 9.17) is 11.6 Å². The molecule has 0 aliphatic carbocycles. The molecule has 0 aliphatic rings. The summed E-state index contributed by atoms with van der Waals surface area (Å²) < 4.78 is 0. The molecule has 1 rings (SSSR count). The lowest BCUT2D eigenvalue weighted by Gasteiger charge is -2.02. The number of hydrogen-bond acceptors (Lipinski definition) is 2. The van der Waals surface area contributed by atoms with Crippen molar-refractivity contribution < 1.29 is 4.79 Å². The number of rotatable bonds is 6. The van der Waals surface area contributed by atoms with Crippen LogP contribution in [0.5, 0.6) is 0 Å². The Bertz CT molecular complexity index is 374. The number of ketones is 1. The highest BCUT2D eigenvalue weighted by atomic mass is 35.5. The average molecular weight is 255 g/mol. The first kappa shape index (κ1) is 13.3. The number of benzene rings is 1. The number of allylic oxidation sites excluding steroid dienone is 2. The lowest BCUT2D eigenvalue weighted by atomic mass is 10.1. The fourth-order valence-corrected chi connectivity index (χ4v) is 2.08. The lowest BCUT2D eigenvalue weighted by Crippen LogP contribution is -1.96. The molecular weight excluding hydrogens is 240 g/mol. The highest BCUT2D eigenvalue weighted by molar-refractivity contribution is 7.98. The predicted octanol–water partition coefficient (Wildman–Crippen LogP) is 4.17. The topological polar surface area (TPSA) is 17.1 Å². The number of alkyl halides is 1. The van der Waals surface area contributed by atoms with Crippen LogP contribution in [0.1, 0.15) is 23.2 Å². The SMILES string of the molecule is CSc1ccccc1C(=O)/C=C/CCCCl. The van der Waals surface area contributed by atoms with Crippen molar-refractivity contribution in [2.75, 3.05) is 12.1 Å². The van der Waals surface area contributed by atoms with Crippen molar-refractivity contribution in [2.24, 2.45) is 0 Å². The van der Waals surface area contributed by atoms with Crippen LogP contribution in [-0.2, 0) is 0 Å². The van der Waals surface area contributed by atoms with Gasteiger partial charge in [-0.2, -0.15) is 0 Å². The van der Waals surface area contributed by atoms with E-state index in [9.17, 15) is 4.79 Å². The van der Waals surface area contributed by atoms with Gasteiger partial charge in [0.1, 0.15) is 0 Å². The molecule has 1 nitrogen and oxygen atoms in total. The van der Waals surface area contributed by atoms with Crippen LogP contribution < -0.4 is 0 Å². The summed E-state index contributed by atoms with van der Waals surface area (Å²) in [5.41, 5.74) is 0.775. The first-order chi connectivity index (χ1) is 7.79. The van der Waals surface area contributed by atoms with Crippen LogP contribution in [0.25, 0.3) is 0 Å². The van der Waals surface area contributed by atoms with E-state index in [0.717, 1.165) is 23.3 Å². The van der Waals surface area contributed by atoms with Crippen LogP contribution in [0.4, 0.5) is 0 Å². The molecule has 0 bridgehead atoms. The molecule has 0 saturated carbocycles. The molecule has 1 aromatic rings. The summed E-state index contributed by atoms with van der Waals surface area (Å²) in [5, 5.41) is 0. The third kappa shape index (κ3) is 4.03. The quantitative estimate of drug-likeness (QED) is 0.249. The first-order valence-electron chi connectivity index (χ1n) is 5.19. The Morgan fingerprint density at radius 2 is 2.19 bits per heavy atom. The Morgan fingerprint density at radius 1 is 1.44 bits per heavy atom. The Labute approximate surface area is 106 Å². The van der Waals surface area contributed by atoms with Gasteiger partial charge in [-0.15, -0.1) is 23.4 Å². The van der Waals surface area contributed by atoms with Gasteiger partial charge >= 0.3 is 0 Å². The number of carbonyl (C=O) groups excluding carboxylic acids is 1. The van der Waals surface area contributed by atoms with Gasteiger partial charge in [-0.1, -0.05) is 18.2 Å². The van der Waals surface area contributed by atoms with E-state index in [1.807, 2.05) is 36.6 Å².